The van der Waals surface area contributed by atoms with E-state index in [0.29, 0.717) is 40.5 Å². The van der Waals surface area contributed by atoms with Crippen LogP contribution in [-0.2, 0) is 0 Å². The van der Waals surface area contributed by atoms with Crippen LogP contribution >= 0.6 is 0 Å². The molecule has 7 nitrogen and oxygen atoms in total. The number of carbonyl (C=O) groups is 1. The zero-order chi connectivity index (χ0) is 21.6. The lowest BCUT2D eigenvalue weighted by Crippen LogP contribution is -2.16. The monoisotopic (exact) mass is 400 g/mol. The highest BCUT2D eigenvalue weighted by molar-refractivity contribution is 6.11. The third-order valence-corrected chi connectivity index (χ3v) is 4.94. The summed E-state index contributed by atoms with van der Waals surface area (Å²) in [6.45, 7) is 3.86. The molecule has 7 heteroatoms. The maximum atomic E-state index is 13.5. The molecule has 0 aromatic heterocycles. The molecule has 0 aliphatic carbocycles. The molecule has 2 N–H and O–H groups in total. The number of benzene rings is 2. The highest BCUT2D eigenvalue weighted by Crippen LogP contribution is 2.37. The minimum Gasteiger partial charge on any atom is -0.493 e. The van der Waals surface area contributed by atoms with Crippen LogP contribution in [0.4, 0.5) is 0 Å². The summed E-state index contributed by atoms with van der Waals surface area (Å²) in [6, 6.07) is 8.58. The van der Waals surface area contributed by atoms with Crippen LogP contribution in [0.5, 0.6) is 23.0 Å². The summed E-state index contributed by atoms with van der Waals surface area (Å²) < 4.78 is 21.5. The van der Waals surface area contributed by atoms with E-state index in [1.54, 1.807) is 38.5 Å². The molecular weight excluding hydrogens is 372 g/mol. The molecule has 0 aliphatic heterocycles. The van der Waals surface area contributed by atoms with Gasteiger partial charge in [0, 0.05) is 22.8 Å². The Kier molecular flexibility index (Phi) is 7.47. The number of nitrogens with zero attached hydrogens (tertiary/aromatic N) is 1. The Labute approximate surface area is 171 Å². The van der Waals surface area contributed by atoms with E-state index in [2.05, 4.69) is 5.10 Å². The lowest BCUT2D eigenvalue weighted by atomic mass is 9.85. The quantitative estimate of drug-likeness (QED) is 0.298. The summed E-state index contributed by atoms with van der Waals surface area (Å²) in [5.74, 6) is 7.26. The average Bonchev–Trinajstić information content (AvgIpc) is 2.77. The highest BCUT2D eigenvalue weighted by Gasteiger charge is 2.25. The van der Waals surface area contributed by atoms with Crippen molar-refractivity contribution in [1.82, 2.24) is 0 Å². The Balaban J connectivity index is 2.70. The molecule has 0 fully saturated rings. The molecule has 0 heterocycles. The predicted octanol–water partition coefficient (Wildman–Crippen LogP) is 3.78. The highest BCUT2D eigenvalue weighted by atomic mass is 16.5. The van der Waals surface area contributed by atoms with Crippen LogP contribution in [0.2, 0.25) is 0 Å². The van der Waals surface area contributed by atoms with Crippen molar-refractivity contribution in [3.05, 3.63) is 47.0 Å². The topological polar surface area (TPSA) is 92.4 Å². The first kappa shape index (κ1) is 22.1. The first-order valence-corrected chi connectivity index (χ1v) is 9.22. The Morgan fingerprint density at radius 2 is 1.48 bits per heavy atom. The molecule has 1 atom stereocenters. The second-order valence-electron chi connectivity index (χ2n) is 6.42. The van der Waals surface area contributed by atoms with Crippen molar-refractivity contribution < 1.29 is 23.7 Å². The number of hydrazone groups is 1. The number of ether oxygens (including phenoxy) is 4. The first-order valence-electron chi connectivity index (χ1n) is 9.22. The summed E-state index contributed by atoms with van der Waals surface area (Å²) in [6.07, 6.45) is 0.716. The summed E-state index contributed by atoms with van der Waals surface area (Å²) in [5.41, 5.74) is 2.45. The zero-order valence-electron chi connectivity index (χ0n) is 17.7. The van der Waals surface area contributed by atoms with Crippen LogP contribution in [0.1, 0.15) is 47.7 Å². The molecule has 2 aromatic carbocycles. The van der Waals surface area contributed by atoms with Crippen molar-refractivity contribution in [2.75, 3.05) is 28.4 Å². The molecule has 29 heavy (non-hydrogen) atoms. The minimum absolute atomic E-state index is 0.140. The van der Waals surface area contributed by atoms with Crippen molar-refractivity contribution in [3.63, 3.8) is 0 Å². The molecule has 0 aliphatic rings. The average molecular weight is 400 g/mol. The predicted molar refractivity (Wildman–Crippen MR) is 113 cm³/mol. The molecule has 2 aromatic rings. The van der Waals surface area contributed by atoms with Crippen molar-refractivity contribution in [1.29, 1.82) is 0 Å². The van der Waals surface area contributed by atoms with Gasteiger partial charge in [0.15, 0.2) is 28.8 Å². The number of nitrogens with two attached hydrogens (primary N) is 1. The van der Waals surface area contributed by atoms with Gasteiger partial charge in [-0.15, -0.1) is 0 Å². The molecule has 0 saturated carbocycles. The Morgan fingerprint density at radius 3 is 2.00 bits per heavy atom. The molecule has 0 spiro atoms. The summed E-state index contributed by atoms with van der Waals surface area (Å²) in [7, 11) is 6.17. The van der Waals surface area contributed by atoms with E-state index >= 15 is 0 Å². The minimum atomic E-state index is -0.176. The van der Waals surface area contributed by atoms with Gasteiger partial charge in [-0.25, -0.2) is 0 Å². The van der Waals surface area contributed by atoms with Crippen LogP contribution in [0.15, 0.2) is 35.4 Å². The fourth-order valence-electron chi connectivity index (χ4n) is 3.34. The van der Waals surface area contributed by atoms with Gasteiger partial charge in [0.05, 0.1) is 28.4 Å². The molecule has 0 saturated heterocycles. The van der Waals surface area contributed by atoms with E-state index in [0.717, 1.165) is 11.3 Å². The third-order valence-electron chi connectivity index (χ3n) is 4.94. The smallest absolute Gasteiger partial charge is 0.193 e. The van der Waals surface area contributed by atoms with Crippen LogP contribution in [0, 0.1) is 0 Å². The van der Waals surface area contributed by atoms with Gasteiger partial charge in [-0.05, 0) is 49.2 Å². The van der Waals surface area contributed by atoms with Crippen molar-refractivity contribution >= 4 is 11.5 Å². The number of hydrogen-bond donors (Lipinski definition) is 1. The number of hydrogen-bond acceptors (Lipinski definition) is 7. The van der Waals surface area contributed by atoms with Gasteiger partial charge < -0.3 is 24.8 Å². The first-order chi connectivity index (χ1) is 13.9. The van der Waals surface area contributed by atoms with Gasteiger partial charge in [0.2, 0.25) is 0 Å². The molecule has 0 amide bonds. The zero-order valence-corrected chi connectivity index (χ0v) is 17.7. The maximum Gasteiger partial charge on any atom is 0.193 e. The standard InChI is InChI=1S/C22H28N2O5/c1-7-15(13(2)24-23)16-11-20(28-5)21(29-6)12-17(16)22(25)14-8-9-18(26-3)19(10-14)27-4/h8-12,15H,7,23H2,1-6H3/b24-13-. The van der Waals surface area contributed by atoms with E-state index in [9.17, 15) is 4.79 Å². The number of ketones is 1. The van der Waals surface area contributed by atoms with E-state index in [1.807, 2.05) is 19.9 Å². The number of carbonyl (C=O) groups excluding carboxylic acids is 1. The van der Waals surface area contributed by atoms with E-state index in [-0.39, 0.29) is 11.7 Å². The van der Waals surface area contributed by atoms with Gasteiger partial charge >= 0.3 is 0 Å². The number of rotatable bonds is 9. The Hall–Kier alpha value is -3.22. The van der Waals surface area contributed by atoms with E-state index in [4.69, 9.17) is 24.8 Å². The normalized spacial score (nSPS) is 12.3. The van der Waals surface area contributed by atoms with Crippen molar-refractivity contribution in [2.45, 2.75) is 26.2 Å². The summed E-state index contributed by atoms with van der Waals surface area (Å²) in [4.78, 5) is 13.5. The van der Waals surface area contributed by atoms with E-state index < -0.39 is 0 Å². The van der Waals surface area contributed by atoms with Crippen molar-refractivity contribution in [2.24, 2.45) is 10.9 Å². The van der Waals surface area contributed by atoms with Gasteiger partial charge in [0.25, 0.3) is 0 Å². The molecule has 1 unspecified atom stereocenters. The van der Waals surface area contributed by atoms with Gasteiger partial charge in [-0.2, -0.15) is 5.10 Å². The molecular formula is C22H28N2O5. The Morgan fingerprint density at radius 1 is 0.931 bits per heavy atom. The maximum absolute atomic E-state index is 13.5. The summed E-state index contributed by atoms with van der Waals surface area (Å²) in [5, 5.41) is 3.85. The van der Waals surface area contributed by atoms with Gasteiger partial charge in [0.1, 0.15) is 0 Å². The second-order valence-corrected chi connectivity index (χ2v) is 6.42. The van der Waals surface area contributed by atoms with E-state index in [1.165, 1.54) is 14.2 Å². The SMILES string of the molecule is CCC(/C(C)=N\N)c1cc(OC)c(OC)cc1C(=O)c1ccc(OC)c(OC)c1. The lowest BCUT2D eigenvalue weighted by Gasteiger charge is -2.21. The van der Waals surface area contributed by atoms with Crippen molar-refractivity contribution in [3.8, 4) is 23.0 Å². The largest absolute Gasteiger partial charge is 0.493 e. The van der Waals surface area contributed by atoms with Crippen LogP contribution in [0.3, 0.4) is 0 Å². The Bertz CT molecular complexity index is 908. The van der Waals surface area contributed by atoms with Crippen LogP contribution < -0.4 is 24.8 Å². The fourth-order valence-corrected chi connectivity index (χ4v) is 3.34. The molecule has 156 valence electrons. The number of methoxy groups -OCH3 is 4. The van der Waals surface area contributed by atoms with Gasteiger partial charge in [-0.1, -0.05) is 6.92 Å². The third kappa shape index (κ3) is 4.45. The summed E-state index contributed by atoms with van der Waals surface area (Å²) >= 11 is 0. The molecule has 0 radical (unpaired) electrons. The lowest BCUT2D eigenvalue weighted by molar-refractivity contribution is 0.103. The van der Waals surface area contributed by atoms with Gasteiger partial charge in [-0.3, -0.25) is 4.79 Å². The fraction of sp³-hybridized carbons (Fsp3) is 0.364. The molecule has 0 bridgehead atoms. The van der Waals surface area contributed by atoms with Crippen LogP contribution in [-0.4, -0.2) is 39.9 Å². The van der Waals surface area contributed by atoms with Crippen LogP contribution in [0.25, 0.3) is 0 Å². The second kappa shape index (κ2) is 9.82. The molecule has 2 rings (SSSR count).